The van der Waals surface area contributed by atoms with Crippen LogP contribution in [0.5, 0.6) is 0 Å². The summed E-state index contributed by atoms with van der Waals surface area (Å²) in [7, 11) is 1.61. The van der Waals surface area contributed by atoms with Gasteiger partial charge in [0.2, 0.25) is 0 Å². The highest BCUT2D eigenvalue weighted by Crippen LogP contribution is 2.30. The van der Waals surface area contributed by atoms with Crippen LogP contribution in [-0.2, 0) is 0 Å². The highest BCUT2D eigenvalue weighted by molar-refractivity contribution is 5.99. The van der Waals surface area contributed by atoms with E-state index >= 15 is 0 Å². The van der Waals surface area contributed by atoms with Gasteiger partial charge in [-0.1, -0.05) is 36.4 Å². The fourth-order valence-corrected chi connectivity index (χ4v) is 4.97. The van der Waals surface area contributed by atoms with Gasteiger partial charge in [-0.3, -0.25) is 19.1 Å². The number of likely N-dealkylation sites (N-methyl/N-ethyl adjacent to an activating group) is 1. The molecule has 0 fully saturated rings. The summed E-state index contributed by atoms with van der Waals surface area (Å²) in [5, 5.41) is 14.1. The lowest BCUT2D eigenvalue weighted by Gasteiger charge is -2.24. The van der Waals surface area contributed by atoms with Crippen LogP contribution in [0.15, 0.2) is 83.9 Å². The molecule has 0 spiro atoms. The molecule has 5 aromatic rings. The molecule has 3 heterocycles. The molecule has 1 atom stereocenters. The van der Waals surface area contributed by atoms with E-state index in [4.69, 9.17) is 0 Å². The van der Waals surface area contributed by atoms with Gasteiger partial charge in [0.05, 0.1) is 18.0 Å². The van der Waals surface area contributed by atoms with Gasteiger partial charge in [0, 0.05) is 43.1 Å². The van der Waals surface area contributed by atoms with Gasteiger partial charge in [-0.05, 0) is 67.6 Å². The third-order valence-electron chi connectivity index (χ3n) is 7.02. The standard InChI is InChI=1S/C32H32N6O3/c1-20-17-23(13-14-33-20)26-12-8-9-24-18-28(38(32(41)29(24)26)25-10-6-5-7-11-25)21(2)35-30-27(19-34-22(3)36-30)31(40)37(4)15-16-39/h5-14,17-19,21,39H,15-16H2,1-4H3,(H,34,35,36)/t21-/m0/s1. The fraction of sp³-hybridized carbons (Fsp3) is 0.219. The van der Waals surface area contributed by atoms with Crippen molar-refractivity contribution in [3.8, 4) is 16.8 Å². The quantitative estimate of drug-likeness (QED) is 0.289. The Bertz CT molecular complexity index is 1780. The number of aliphatic hydroxyl groups is 1. The predicted molar refractivity (Wildman–Crippen MR) is 160 cm³/mol. The molecule has 0 saturated carbocycles. The summed E-state index contributed by atoms with van der Waals surface area (Å²) in [6, 6.07) is 20.8. The number of amides is 1. The summed E-state index contributed by atoms with van der Waals surface area (Å²) in [6.45, 7) is 5.63. The largest absolute Gasteiger partial charge is 0.395 e. The Morgan fingerprint density at radius 3 is 2.56 bits per heavy atom. The van der Waals surface area contributed by atoms with Crippen LogP contribution in [-0.4, -0.2) is 55.6 Å². The Balaban J connectivity index is 1.68. The van der Waals surface area contributed by atoms with Gasteiger partial charge >= 0.3 is 0 Å². The number of rotatable bonds is 8. The maximum atomic E-state index is 14.4. The first kappa shape index (κ1) is 27.7. The molecular formula is C32H32N6O3. The zero-order valence-corrected chi connectivity index (χ0v) is 23.5. The number of aryl methyl sites for hydroxylation is 2. The number of anilines is 1. The number of nitrogens with one attached hydrogen (secondary N) is 1. The number of nitrogens with zero attached hydrogens (tertiary/aromatic N) is 5. The molecule has 0 aliphatic heterocycles. The van der Waals surface area contributed by atoms with Gasteiger partial charge in [-0.25, -0.2) is 9.97 Å². The van der Waals surface area contributed by atoms with Crippen molar-refractivity contribution < 1.29 is 9.90 Å². The molecule has 9 nitrogen and oxygen atoms in total. The van der Waals surface area contributed by atoms with Gasteiger partial charge in [0.15, 0.2) is 0 Å². The van der Waals surface area contributed by atoms with Gasteiger partial charge in [-0.15, -0.1) is 0 Å². The SMILES string of the molecule is Cc1cc(-c2cccc3cc([C@H](C)Nc4nc(C)ncc4C(=O)N(C)CCO)n(-c4ccccc4)c(=O)c23)ccn1. The molecule has 9 heteroatoms. The molecule has 0 unspecified atom stereocenters. The normalized spacial score (nSPS) is 11.8. The summed E-state index contributed by atoms with van der Waals surface area (Å²) in [4.78, 5) is 42.0. The lowest BCUT2D eigenvalue weighted by Crippen LogP contribution is -2.31. The van der Waals surface area contributed by atoms with E-state index in [9.17, 15) is 14.7 Å². The summed E-state index contributed by atoms with van der Waals surface area (Å²) in [5.41, 5.74) is 4.18. The average Bonchev–Trinajstić information content (AvgIpc) is 2.97. The molecule has 0 bridgehead atoms. The minimum atomic E-state index is -0.428. The smallest absolute Gasteiger partial charge is 0.263 e. The van der Waals surface area contributed by atoms with Gasteiger partial charge in [0.25, 0.3) is 11.5 Å². The number of para-hydroxylation sites is 1. The van der Waals surface area contributed by atoms with Crippen LogP contribution in [0.3, 0.4) is 0 Å². The van der Waals surface area contributed by atoms with Gasteiger partial charge < -0.3 is 15.3 Å². The second kappa shape index (κ2) is 11.7. The zero-order chi connectivity index (χ0) is 29.1. The van der Waals surface area contributed by atoms with Crippen LogP contribution in [0.25, 0.3) is 27.6 Å². The molecule has 0 radical (unpaired) electrons. The molecule has 0 aliphatic carbocycles. The second-order valence-corrected chi connectivity index (χ2v) is 10.00. The molecule has 1 amide bonds. The van der Waals surface area contributed by atoms with Crippen molar-refractivity contribution in [3.63, 3.8) is 0 Å². The van der Waals surface area contributed by atoms with Gasteiger partial charge in [0.1, 0.15) is 17.2 Å². The summed E-state index contributed by atoms with van der Waals surface area (Å²) in [6.07, 6.45) is 3.24. The van der Waals surface area contributed by atoms with Crippen LogP contribution in [0, 0.1) is 13.8 Å². The first-order valence-corrected chi connectivity index (χ1v) is 13.4. The molecular weight excluding hydrogens is 516 g/mol. The Hall–Kier alpha value is -4.89. The highest BCUT2D eigenvalue weighted by Gasteiger charge is 2.23. The van der Waals surface area contributed by atoms with E-state index in [0.29, 0.717) is 22.7 Å². The Kier molecular flexibility index (Phi) is 7.89. The van der Waals surface area contributed by atoms with E-state index in [0.717, 1.165) is 27.9 Å². The lowest BCUT2D eigenvalue weighted by molar-refractivity contribution is 0.0767. The molecule has 3 aromatic heterocycles. The van der Waals surface area contributed by atoms with E-state index in [2.05, 4.69) is 20.3 Å². The summed E-state index contributed by atoms with van der Waals surface area (Å²) >= 11 is 0. The predicted octanol–water partition coefficient (Wildman–Crippen LogP) is 4.70. The lowest BCUT2D eigenvalue weighted by atomic mass is 9.98. The van der Waals surface area contributed by atoms with E-state index in [1.807, 2.05) is 80.6 Å². The zero-order valence-electron chi connectivity index (χ0n) is 23.5. The van der Waals surface area contributed by atoms with Crippen molar-refractivity contribution in [2.75, 3.05) is 25.5 Å². The van der Waals surface area contributed by atoms with Crippen molar-refractivity contribution in [1.82, 2.24) is 24.4 Å². The first-order chi connectivity index (χ1) is 19.8. The minimum Gasteiger partial charge on any atom is -0.395 e. The summed E-state index contributed by atoms with van der Waals surface area (Å²) < 4.78 is 1.71. The number of pyridine rings is 2. The number of aromatic nitrogens is 4. The van der Waals surface area contributed by atoms with Crippen LogP contribution in [0.1, 0.15) is 40.5 Å². The Labute approximate surface area is 238 Å². The van der Waals surface area contributed by atoms with Crippen LogP contribution >= 0.6 is 0 Å². The van der Waals surface area contributed by atoms with E-state index in [1.54, 1.807) is 24.7 Å². The monoisotopic (exact) mass is 548 g/mol. The third kappa shape index (κ3) is 5.57. The molecule has 208 valence electrons. The number of aliphatic hydroxyl groups excluding tert-OH is 1. The van der Waals surface area contributed by atoms with E-state index in [1.165, 1.54) is 11.1 Å². The molecule has 2 N–H and O–H groups in total. The number of hydrogen-bond acceptors (Lipinski definition) is 7. The average molecular weight is 549 g/mol. The van der Waals surface area contributed by atoms with Crippen molar-refractivity contribution in [2.45, 2.75) is 26.8 Å². The highest BCUT2D eigenvalue weighted by atomic mass is 16.3. The molecule has 0 saturated heterocycles. The number of hydrogen-bond donors (Lipinski definition) is 2. The van der Waals surface area contributed by atoms with E-state index < -0.39 is 6.04 Å². The third-order valence-corrected chi connectivity index (χ3v) is 7.02. The number of carbonyl (C=O) groups excluding carboxylic acids is 1. The van der Waals surface area contributed by atoms with Gasteiger partial charge in [-0.2, -0.15) is 0 Å². The van der Waals surface area contributed by atoms with E-state index in [-0.39, 0.29) is 30.2 Å². The van der Waals surface area contributed by atoms with Crippen LogP contribution < -0.4 is 10.9 Å². The van der Waals surface area contributed by atoms with Crippen molar-refractivity contribution in [1.29, 1.82) is 0 Å². The van der Waals surface area contributed by atoms with Crippen molar-refractivity contribution in [3.05, 3.63) is 112 Å². The topological polar surface area (TPSA) is 113 Å². The van der Waals surface area contributed by atoms with Crippen molar-refractivity contribution >= 4 is 22.5 Å². The van der Waals surface area contributed by atoms with Crippen molar-refractivity contribution in [2.24, 2.45) is 0 Å². The number of fused-ring (bicyclic) bond motifs is 1. The Morgan fingerprint density at radius 1 is 1.05 bits per heavy atom. The van der Waals surface area contributed by atoms with Crippen LogP contribution in [0.4, 0.5) is 5.82 Å². The maximum absolute atomic E-state index is 14.4. The molecule has 2 aromatic carbocycles. The first-order valence-electron chi connectivity index (χ1n) is 13.4. The number of carbonyl (C=O) groups is 1. The fourth-order valence-electron chi connectivity index (χ4n) is 4.97. The van der Waals surface area contributed by atoms with Crippen LogP contribution in [0.2, 0.25) is 0 Å². The molecule has 0 aliphatic rings. The Morgan fingerprint density at radius 2 is 1.83 bits per heavy atom. The minimum absolute atomic E-state index is 0.153. The summed E-state index contributed by atoms with van der Waals surface area (Å²) in [5.74, 6) is 0.537. The molecule has 41 heavy (non-hydrogen) atoms. The second-order valence-electron chi connectivity index (χ2n) is 10.00. The number of benzene rings is 2. The maximum Gasteiger partial charge on any atom is 0.263 e. The molecule has 5 rings (SSSR count).